The van der Waals surface area contributed by atoms with Crippen LogP contribution in [0.25, 0.3) is 0 Å². The van der Waals surface area contributed by atoms with E-state index in [1.165, 1.54) is 0 Å². The summed E-state index contributed by atoms with van der Waals surface area (Å²) >= 11 is 0. The van der Waals surface area contributed by atoms with Crippen molar-refractivity contribution in [3.63, 3.8) is 0 Å². The number of ether oxygens (including phenoxy) is 1. The summed E-state index contributed by atoms with van der Waals surface area (Å²) in [7, 11) is 0. The summed E-state index contributed by atoms with van der Waals surface area (Å²) in [5.74, 6) is 0. The van der Waals surface area contributed by atoms with Gasteiger partial charge in [-0.05, 0) is 43.5 Å². The van der Waals surface area contributed by atoms with Crippen molar-refractivity contribution in [2.24, 2.45) is 0 Å². The monoisotopic (exact) mass is 245 g/mol. The van der Waals surface area contributed by atoms with Gasteiger partial charge in [0.2, 0.25) is 0 Å². The fourth-order valence-electron chi connectivity index (χ4n) is 2.30. The minimum Gasteiger partial charge on any atom is -0.398 e. The molecule has 0 bridgehead atoms. The molecule has 3 N–H and O–H groups in total. The minimum absolute atomic E-state index is 0.0295. The van der Waals surface area contributed by atoms with Crippen molar-refractivity contribution >= 4 is 11.4 Å². The third kappa shape index (κ3) is 2.93. The van der Waals surface area contributed by atoms with Gasteiger partial charge in [0.05, 0.1) is 24.6 Å². The van der Waals surface area contributed by atoms with E-state index in [4.69, 9.17) is 15.7 Å². The fourth-order valence-corrected chi connectivity index (χ4v) is 2.30. The van der Waals surface area contributed by atoms with Crippen molar-refractivity contribution in [1.29, 1.82) is 5.26 Å². The largest absolute Gasteiger partial charge is 0.398 e. The first-order valence-corrected chi connectivity index (χ1v) is 6.24. The van der Waals surface area contributed by atoms with Crippen LogP contribution in [0.5, 0.6) is 0 Å². The Morgan fingerprint density at radius 1 is 1.56 bits per heavy atom. The number of nitrogens with zero attached hydrogens (tertiary/aromatic N) is 1. The zero-order valence-corrected chi connectivity index (χ0v) is 10.7. The first-order valence-electron chi connectivity index (χ1n) is 6.24. The van der Waals surface area contributed by atoms with E-state index >= 15 is 0 Å². The summed E-state index contributed by atoms with van der Waals surface area (Å²) in [4.78, 5) is 0. The van der Waals surface area contributed by atoms with Gasteiger partial charge in [-0.2, -0.15) is 5.26 Å². The Hall–Kier alpha value is -1.73. The second-order valence-corrected chi connectivity index (χ2v) is 5.09. The minimum atomic E-state index is -0.0295. The molecule has 1 aliphatic heterocycles. The van der Waals surface area contributed by atoms with Crippen LogP contribution in [-0.4, -0.2) is 18.8 Å². The molecule has 2 rings (SSSR count). The van der Waals surface area contributed by atoms with E-state index in [2.05, 4.69) is 18.3 Å². The number of anilines is 2. The third-order valence-corrected chi connectivity index (χ3v) is 3.30. The second kappa shape index (κ2) is 5.28. The highest BCUT2D eigenvalue weighted by Crippen LogP contribution is 2.26. The van der Waals surface area contributed by atoms with E-state index in [0.29, 0.717) is 18.7 Å². The summed E-state index contributed by atoms with van der Waals surface area (Å²) in [5, 5.41) is 12.3. The lowest BCUT2D eigenvalue weighted by atomic mass is 9.94. The molecular formula is C14H19N3O. The van der Waals surface area contributed by atoms with Crippen molar-refractivity contribution < 1.29 is 4.74 Å². The summed E-state index contributed by atoms with van der Waals surface area (Å²) in [6.07, 6.45) is 2.50. The van der Waals surface area contributed by atoms with Crippen LogP contribution in [0.15, 0.2) is 18.2 Å². The predicted molar refractivity (Wildman–Crippen MR) is 72.3 cm³/mol. The van der Waals surface area contributed by atoms with E-state index in [0.717, 1.165) is 30.7 Å². The molecule has 0 saturated carbocycles. The van der Waals surface area contributed by atoms with Gasteiger partial charge in [-0.3, -0.25) is 0 Å². The van der Waals surface area contributed by atoms with Gasteiger partial charge in [-0.1, -0.05) is 0 Å². The number of nitrogens with one attached hydrogen (secondary N) is 1. The number of rotatable bonds is 3. The van der Waals surface area contributed by atoms with E-state index in [-0.39, 0.29) is 5.54 Å². The van der Waals surface area contributed by atoms with Gasteiger partial charge in [0.25, 0.3) is 0 Å². The molecule has 1 aliphatic rings. The van der Waals surface area contributed by atoms with Gasteiger partial charge in [-0.15, -0.1) is 0 Å². The first-order chi connectivity index (χ1) is 8.63. The predicted octanol–water partition coefficient (Wildman–Crippen LogP) is 2.32. The van der Waals surface area contributed by atoms with Crippen LogP contribution in [0.3, 0.4) is 0 Å². The van der Waals surface area contributed by atoms with Crippen LogP contribution in [0.1, 0.15) is 25.3 Å². The molecule has 0 aliphatic carbocycles. The average molecular weight is 245 g/mol. The maximum Gasteiger partial charge on any atom is 0.0693 e. The molecule has 0 spiro atoms. The van der Waals surface area contributed by atoms with Crippen LogP contribution in [0.4, 0.5) is 11.4 Å². The van der Waals surface area contributed by atoms with Gasteiger partial charge >= 0.3 is 0 Å². The van der Waals surface area contributed by atoms with Gasteiger partial charge in [0.1, 0.15) is 0 Å². The molecular weight excluding hydrogens is 226 g/mol. The zero-order chi connectivity index (χ0) is 13.0. The van der Waals surface area contributed by atoms with Crippen LogP contribution >= 0.6 is 0 Å². The van der Waals surface area contributed by atoms with E-state index in [1.807, 2.05) is 18.2 Å². The lowest BCUT2D eigenvalue weighted by Crippen LogP contribution is -2.43. The molecule has 1 fully saturated rings. The molecule has 1 heterocycles. The van der Waals surface area contributed by atoms with Crippen LogP contribution in [-0.2, 0) is 11.2 Å². The third-order valence-electron chi connectivity index (χ3n) is 3.30. The summed E-state index contributed by atoms with van der Waals surface area (Å²) in [6.45, 7) is 3.72. The topological polar surface area (TPSA) is 71.1 Å². The number of nitriles is 1. The fraction of sp³-hybridized carbons (Fsp3) is 0.500. The maximum atomic E-state index is 8.76. The zero-order valence-electron chi connectivity index (χ0n) is 10.7. The quantitative estimate of drug-likeness (QED) is 0.802. The van der Waals surface area contributed by atoms with Gasteiger partial charge in [0, 0.05) is 18.0 Å². The lowest BCUT2D eigenvalue weighted by molar-refractivity contribution is 0.0540. The molecule has 0 aromatic heterocycles. The van der Waals surface area contributed by atoms with E-state index in [1.54, 1.807) is 0 Å². The molecule has 1 aromatic carbocycles. The van der Waals surface area contributed by atoms with Crippen molar-refractivity contribution in [1.82, 2.24) is 0 Å². The lowest BCUT2D eigenvalue weighted by Gasteiger charge is -2.35. The highest BCUT2D eigenvalue weighted by Gasteiger charge is 2.27. The SMILES string of the molecule is CC1(Nc2ccc(N)c(CC#N)c2)CCCOC1. The molecule has 1 unspecified atom stereocenters. The highest BCUT2D eigenvalue weighted by atomic mass is 16.5. The molecule has 4 heteroatoms. The standard InChI is InChI=1S/C14H19N3O/c1-14(6-2-8-18-10-14)17-12-3-4-13(16)11(9-12)5-7-15/h3-4,9,17H,2,5-6,8,10,16H2,1H3. The van der Waals surface area contributed by atoms with E-state index < -0.39 is 0 Å². The van der Waals surface area contributed by atoms with Gasteiger partial charge < -0.3 is 15.8 Å². The van der Waals surface area contributed by atoms with Gasteiger partial charge in [-0.25, -0.2) is 0 Å². The molecule has 18 heavy (non-hydrogen) atoms. The summed E-state index contributed by atoms with van der Waals surface area (Å²) in [6, 6.07) is 7.89. The second-order valence-electron chi connectivity index (χ2n) is 5.09. The number of hydrogen-bond donors (Lipinski definition) is 2. The number of benzene rings is 1. The normalized spacial score (nSPS) is 23.3. The summed E-state index contributed by atoms with van der Waals surface area (Å²) < 4.78 is 5.52. The van der Waals surface area contributed by atoms with Crippen LogP contribution in [0.2, 0.25) is 0 Å². The Morgan fingerprint density at radius 2 is 2.39 bits per heavy atom. The Kier molecular flexibility index (Phi) is 3.73. The molecule has 4 nitrogen and oxygen atoms in total. The number of hydrogen-bond acceptors (Lipinski definition) is 4. The van der Waals surface area contributed by atoms with Crippen LogP contribution in [0, 0.1) is 11.3 Å². The van der Waals surface area contributed by atoms with Crippen LogP contribution < -0.4 is 11.1 Å². The first kappa shape index (κ1) is 12.7. The molecule has 1 atom stereocenters. The Morgan fingerprint density at radius 3 is 3.06 bits per heavy atom. The Balaban J connectivity index is 2.14. The smallest absolute Gasteiger partial charge is 0.0693 e. The highest BCUT2D eigenvalue weighted by molar-refractivity contribution is 5.58. The molecule has 1 saturated heterocycles. The molecule has 96 valence electrons. The number of nitrogen functional groups attached to an aromatic ring is 1. The Bertz CT molecular complexity index is 459. The molecule has 1 aromatic rings. The van der Waals surface area contributed by atoms with Crippen molar-refractivity contribution in [2.75, 3.05) is 24.3 Å². The number of nitrogens with two attached hydrogens (primary N) is 1. The van der Waals surface area contributed by atoms with Crippen molar-refractivity contribution in [3.05, 3.63) is 23.8 Å². The summed E-state index contributed by atoms with van der Waals surface area (Å²) in [5.41, 5.74) is 8.36. The van der Waals surface area contributed by atoms with Crippen molar-refractivity contribution in [2.45, 2.75) is 31.7 Å². The Labute approximate surface area is 108 Å². The molecule has 0 radical (unpaired) electrons. The van der Waals surface area contributed by atoms with Crippen molar-refractivity contribution in [3.8, 4) is 6.07 Å². The molecule has 0 amide bonds. The maximum absolute atomic E-state index is 8.76. The van der Waals surface area contributed by atoms with E-state index in [9.17, 15) is 0 Å². The van der Waals surface area contributed by atoms with Gasteiger partial charge in [0.15, 0.2) is 0 Å². The average Bonchev–Trinajstić information content (AvgIpc) is 2.34.